The van der Waals surface area contributed by atoms with Crippen molar-refractivity contribution in [3.05, 3.63) is 34.9 Å². The van der Waals surface area contributed by atoms with Crippen LogP contribution >= 0.6 is 0 Å². The first-order valence-corrected chi connectivity index (χ1v) is 7.88. The van der Waals surface area contributed by atoms with E-state index in [1.54, 1.807) is 0 Å². The van der Waals surface area contributed by atoms with Crippen LogP contribution in [0, 0.1) is 0 Å². The predicted octanol–water partition coefficient (Wildman–Crippen LogP) is 5.38. The molecule has 0 saturated heterocycles. The topological polar surface area (TPSA) is 12.0 Å². The van der Waals surface area contributed by atoms with Crippen LogP contribution in [0.1, 0.15) is 89.0 Å². The largest absolute Gasteiger partial charge is 0.310 e. The fourth-order valence-electron chi connectivity index (χ4n) is 2.56. The van der Waals surface area contributed by atoms with E-state index in [0.29, 0.717) is 17.9 Å². The Morgan fingerprint density at radius 3 is 2.11 bits per heavy atom. The van der Waals surface area contributed by atoms with Gasteiger partial charge >= 0.3 is 0 Å². The Balaban J connectivity index is 3.10. The lowest BCUT2D eigenvalue weighted by Crippen LogP contribution is -2.23. The van der Waals surface area contributed by atoms with Gasteiger partial charge in [-0.2, -0.15) is 0 Å². The monoisotopic (exact) mass is 261 g/mol. The molecule has 0 fully saturated rings. The van der Waals surface area contributed by atoms with Gasteiger partial charge in [-0.3, -0.25) is 0 Å². The third-order valence-electron chi connectivity index (χ3n) is 3.82. The maximum atomic E-state index is 3.68. The molecule has 0 radical (unpaired) electrons. The molecule has 1 unspecified atom stereocenters. The van der Waals surface area contributed by atoms with Gasteiger partial charge in [0.15, 0.2) is 0 Å². The molecular formula is C18H31N. The molecule has 1 atom stereocenters. The van der Waals surface area contributed by atoms with Crippen molar-refractivity contribution in [1.29, 1.82) is 0 Å². The zero-order chi connectivity index (χ0) is 14.4. The summed E-state index contributed by atoms with van der Waals surface area (Å²) in [5.41, 5.74) is 4.47. The minimum Gasteiger partial charge on any atom is -0.310 e. The minimum atomic E-state index is 0.499. The van der Waals surface area contributed by atoms with E-state index in [2.05, 4.69) is 65.1 Å². The molecule has 1 rings (SSSR count). The van der Waals surface area contributed by atoms with E-state index in [1.807, 2.05) is 0 Å². The first-order chi connectivity index (χ1) is 9.01. The summed E-state index contributed by atoms with van der Waals surface area (Å²) in [6.45, 7) is 14.7. The van der Waals surface area contributed by atoms with Crippen molar-refractivity contribution in [2.45, 2.75) is 72.3 Å². The van der Waals surface area contributed by atoms with Gasteiger partial charge in [0, 0.05) is 6.04 Å². The Hall–Kier alpha value is -0.820. The normalized spacial score (nSPS) is 13.3. The molecule has 0 aliphatic heterocycles. The van der Waals surface area contributed by atoms with Crippen molar-refractivity contribution in [2.75, 3.05) is 6.54 Å². The van der Waals surface area contributed by atoms with E-state index >= 15 is 0 Å². The number of hydrogen-bond donors (Lipinski definition) is 1. The van der Waals surface area contributed by atoms with E-state index in [4.69, 9.17) is 0 Å². The second-order valence-electron chi connectivity index (χ2n) is 6.11. The molecular weight excluding hydrogens is 230 g/mol. The van der Waals surface area contributed by atoms with Crippen molar-refractivity contribution in [1.82, 2.24) is 5.32 Å². The Morgan fingerprint density at radius 2 is 1.63 bits per heavy atom. The number of benzene rings is 1. The van der Waals surface area contributed by atoms with Crippen LogP contribution in [0.3, 0.4) is 0 Å². The summed E-state index contributed by atoms with van der Waals surface area (Å²) in [7, 11) is 0. The van der Waals surface area contributed by atoms with E-state index in [1.165, 1.54) is 23.1 Å². The zero-order valence-corrected chi connectivity index (χ0v) is 13.6. The molecule has 108 valence electrons. The fourth-order valence-corrected chi connectivity index (χ4v) is 2.56. The first kappa shape index (κ1) is 16.2. The lowest BCUT2D eigenvalue weighted by molar-refractivity contribution is 0.512. The maximum absolute atomic E-state index is 3.68. The van der Waals surface area contributed by atoms with Crippen LogP contribution in [-0.4, -0.2) is 6.54 Å². The number of nitrogens with one attached hydrogen (secondary N) is 1. The average molecular weight is 261 g/mol. The zero-order valence-electron chi connectivity index (χ0n) is 13.6. The number of hydrogen-bond acceptors (Lipinski definition) is 1. The molecule has 0 amide bonds. The summed E-state index contributed by atoms with van der Waals surface area (Å²) in [5.74, 6) is 1.20. The van der Waals surface area contributed by atoms with Gasteiger partial charge < -0.3 is 5.32 Å². The van der Waals surface area contributed by atoms with Gasteiger partial charge in [0.05, 0.1) is 0 Å². The van der Waals surface area contributed by atoms with Crippen LogP contribution in [0.5, 0.6) is 0 Å². The molecule has 1 nitrogen and oxygen atoms in total. The van der Waals surface area contributed by atoms with Gasteiger partial charge in [-0.15, -0.1) is 0 Å². The molecule has 1 heteroatoms. The highest BCUT2D eigenvalue weighted by atomic mass is 14.9. The molecule has 19 heavy (non-hydrogen) atoms. The van der Waals surface area contributed by atoms with Gasteiger partial charge in [-0.1, -0.05) is 59.7 Å². The summed E-state index contributed by atoms with van der Waals surface area (Å²) in [4.78, 5) is 0. The standard InChI is InChI=1S/C18H31N/c1-7-11-19-18(8-2)16-10-9-15(13(3)4)12-17(16)14(5)6/h9-10,12-14,18-19H,7-8,11H2,1-6H3. The lowest BCUT2D eigenvalue weighted by atomic mass is 9.88. The van der Waals surface area contributed by atoms with Crippen molar-refractivity contribution in [3.8, 4) is 0 Å². The summed E-state index contributed by atoms with van der Waals surface area (Å²) < 4.78 is 0. The van der Waals surface area contributed by atoms with Crippen molar-refractivity contribution < 1.29 is 0 Å². The van der Waals surface area contributed by atoms with E-state index in [-0.39, 0.29) is 0 Å². The Kier molecular flexibility index (Phi) is 6.57. The van der Waals surface area contributed by atoms with Gasteiger partial charge in [-0.05, 0) is 47.9 Å². The van der Waals surface area contributed by atoms with Gasteiger partial charge in [-0.25, -0.2) is 0 Å². The summed E-state index contributed by atoms with van der Waals surface area (Å²) in [6.07, 6.45) is 2.35. The highest BCUT2D eigenvalue weighted by Gasteiger charge is 2.16. The molecule has 0 spiro atoms. The molecule has 0 aliphatic rings. The molecule has 0 saturated carbocycles. The fraction of sp³-hybridized carbons (Fsp3) is 0.667. The predicted molar refractivity (Wildman–Crippen MR) is 85.9 cm³/mol. The van der Waals surface area contributed by atoms with Crippen molar-refractivity contribution >= 4 is 0 Å². The van der Waals surface area contributed by atoms with Gasteiger partial charge in [0.2, 0.25) is 0 Å². The van der Waals surface area contributed by atoms with Crippen LogP contribution in [0.2, 0.25) is 0 Å². The maximum Gasteiger partial charge on any atom is 0.0320 e. The minimum absolute atomic E-state index is 0.499. The average Bonchev–Trinajstić information content (AvgIpc) is 2.39. The second kappa shape index (κ2) is 7.69. The smallest absolute Gasteiger partial charge is 0.0320 e. The van der Waals surface area contributed by atoms with Crippen molar-refractivity contribution in [3.63, 3.8) is 0 Å². The molecule has 0 aromatic heterocycles. The van der Waals surface area contributed by atoms with Gasteiger partial charge in [0.1, 0.15) is 0 Å². The van der Waals surface area contributed by atoms with E-state index in [9.17, 15) is 0 Å². The second-order valence-corrected chi connectivity index (χ2v) is 6.11. The Bertz CT molecular complexity index is 379. The van der Waals surface area contributed by atoms with E-state index in [0.717, 1.165) is 13.0 Å². The van der Waals surface area contributed by atoms with Gasteiger partial charge in [0.25, 0.3) is 0 Å². The molecule has 1 aromatic rings. The van der Waals surface area contributed by atoms with Crippen LogP contribution in [-0.2, 0) is 0 Å². The highest BCUT2D eigenvalue weighted by molar-refractivity contribution is 5.37. The van der Waals surface area contributed by atoms with Crippen LogP contribution in [0.4, 0.5) is 0 Å². The molecule has 1 N–H and O–H groups in total. The molecule has 0 heterocycles. The molecule has 0 aliphatic carbocycles. The Morgan fingerprint density at radius 1 is 0.947 bits per heavy atom. The molecule has 0 bridgehead atoms. The quantitative estimate of drug-likeness (QED) is 0.694. The van der Waals surface area contributed by atoms with Crippen LogP contribution < -0.4 is 5.32 Å². The summed E-state index contributed by atoms with van der Waals surface area (Å²) in [6, 6.07) is 7.57. The lowest BCUT2D eigenvalue weighted by Gasteiger charge is -2.23. The van der Waals surface area contributed by atoms with Crippen molar-refractivity contribution in [2.24, 2.45) is 0 Å². The van der Waals surface area contributed by atoms with Crippen LogP contribution in [0.25, 0.3) is 0 Å². The SMILES string of the molecule is CCCNC(CC)c1ccc(C(C)C)cc1C(C)C. The molecule has 1 aromatic carbocycles. The number of rotatable bonds is 7. The summed E-state index contributed by atoms with van der Waals surface area (Å²) in [5, 5.41) is 3.68. The van der Waals surface area contributed by atoms with Crippen LogP contribution in [0.15, 0.2) is 18.2 Å². The van der Waals surface area contributed by atoms with E-state index < -0.39 is 0 Å². The third-order valence-corrected chi connectivity index (χ3v) is 3.82. The Labute approximate surface area is 119 Å². The summed E-state index contributed by atoms with van der Waals surface area (Å²) >= 11 is 0. The first-order valence-electron chi connectivity index (χ1n) is 7.88. The third kappa shape index (κ3) is 4.35. The highest BCUT2D eigenvalue weighted by Crippen LogP contribution is 2.30.